The Morgan fingerprint density at radius 1 is 1.58 bits per heavy atom. The normalized spacial score (nSPS) is 12.3. The van der Waals surface area contributed by atoms with E-state index < -0.39 is 17.9 Å². The Bertz CT molecular complexity index is 691. The van der Waals surface area contributed by atoms with Crippen LogP contribution in [0.2, 0.25) is 0 Å². The molecule has 19 heavy (non-hydrogen) atoms. The highest BCUT2D eigenvalue weighted by Crippen LogP contribution is 2.12. The van der Waals surface area contributed by atoms with Crippen LogP contribution < -0.4 is 10.9 Å². The van der Waals surface area contributed by atoms with Gasteiger partial charge in [-0.1, -0.05) is 0 Å². The summed E-state index contributed by atoms with van der Waals surface area (Å²) in [7, 11) is 0. The fourth-order valence-corrected chi connectivity index (χ4v) is 2.23. The second kappa shape index (κ2) is 5.19. The molecule has 0 saturated heterocycles. The molecule has 1 atom stereocenters. The standard InChI is InChI=1S/C11H11N3O4S/c1-6(11(17)18)13-8(15)4-14-5-12-9-7(10(14)16)2-3-19-9/h2-3,5-6H,4H2,1H3,(H,13,15)(H,17,18)/t6-/m0/s1. The molecule has 2 N–H and O–H groups in total. The molecule has 2 heterocycles. The first-order valence-corrected chi connectivity index (χ1v) is 6.32. The van der Waals surface area contributed by atoms with Crippen LogP contribution >= 0.6 is 11.3 Å². The zero-order chi connectivity index (χ0) is 14.0. The molecular formula is C11H11N3O4S. The van der Waals surface area contributed by atoms with Crippen LogP contribution in [-0.4, -0.2) is 32.6 Å². The Morgan fingerprint density at radius 2 is 2.32 bits per heavy atom. The zero-order valence-electron chi connectivity index (χ0n) is 9.99. The molecule has 0 radical (unpaired) electrons. The SMILES string of the molecule is C[C@H](NC(=O)Cn1cnc2sccc2c1=O)C(=O)O. The summed E-state index contributed by atoms with van der Waals surface area (Å²) < 4.78 is 1.15. The molecule has 0 aromatic carbocycles. The van der Waals surface area contributed by atoms with E-state index in [9.17, 15) is 14.4 Å². The summed E-state index contributed by atoms with van der Waals surface area (Å²) in [5.41, 5.74) is -0.315. The van der Waals surface area contributed by atoms with E-state index in [4.69, 9.17) is 5.11 Å². The number of carboxylic acid groups (broad SMARTS) is 1. The number of hydrogen-bond donors (Lipinski definition) is 2. The van der Waals surface area contributed by atoms with Crippen molar-refractivity contribution in [2.75, 3.05) is 0 Å². The third kappa shape index (κ3) is 2.79. The fourth-order valence-electron chi connectivity index (χ4n) is 1.51. The second-order valence-corrected chi connectivity index (χ2v) is 4.84. The maximum Gasteiger partial charge on any atom is 0.325 e. The average Bonchev–Trinajstić information content (AvgIpc) is 2.81. The lowest BCUT2D eigenvalue weighted by molar-refractivity contribution is -0.141. The van der Waals surface area contributed by atoms with Crippen molar-refractivity contribution in [2.24, 2.45) is 0 Å². The van der Waals surface area contributed by atoms with Crippen LogP contribution in [0.1, 0.15) is 6.92 Å². The van der Waals surface area contributed by atoms with Gasteiger partial charge in [-0.25, -0.2) is 4.98 Å². The van der Waals surface area contributed by atoms with Crippen molar-refractivity contribution in [3.63, 3.8) is 0 Å². The topological polar surface area (TPSA) is 101 Å². The number of nitrogens with zero attached hydrogens (tertiary/aromatic N) is 2. The molecule has 0 fully saturated rings. The summed E-state index contributed by atoms with van der Waals surface area (Å²) in [4.78, 5) is 38.8. The number of carboxylic acids is 1. The summed E-state index contributed by atoms with van der Waals surface area (Å²) in [5, 5.41) is 13.1. The summed E-state index contributed by atoms with van der Waals surface area (Å²) in [6, 6.07) is 0.643. The van der Waals surface area contributed by atoms with E-state index in [-0.39, 0.29) is 12.1 Å². The van der Waals surface area contributed by atoms with Crippen LogP contribution in [0, 0.1) is 0 Å². The van der Waals surface area contributed by atoms with Crippen molar-refractivity contribution in [3.05, 3.63) is 28.1 Å². The number of carbonyl (C=O) groups is 2. The first-order chi connectivity index (χ1) is 8.99. The molecule has 100 valence electrons. The molecule has 8 heteroatoms. The van der Waals surface area contributed by atoms with E-state index in [1.807, 2.05) is 0 Å². The van der Waals surface area contributed by atoms with Gasteiger partial charge in [0.05, 0.1) is 11.7 Å². The Hall–Kier alpha value is -2.22. The van der Waals surface area contributed by atoms with Gasteiger partial charge in [0, 0.05) is 0 Å². The molecular weight excluding hydrogens is 270 g/mol. The van der Waals surface area contributed by atoms with Crippen LogP contribution in [0.4, 0.5) is 0 Å². The van der Waals surface area contributed by atoms with Crippen molar-refractivity contribution in [1.82, 2.24) is 14.9 Å². The van der Waals surface area contributed by atoms with E-state index in [1.54, 1.807) is 11.4 Å². The van der Waals surface area contributed by atoms with E-state index in [1.165, 1.54) is 24.6 Å². The van der Waals surface area contributed by atoms with Crippen molar-refractivity contribution in [3.8, 4) is 0 Å². The Morgan fingerprint density at radius 3 is 3.00 bits per heavy atom. The lowest BCUT2D eigenvalue weighted by Crippen LogP contribution is -2.41. The summed E-state index contributed by atoms with van der Waals surface area (Å²) in [6.45, 7) is 1.10. The zero-order valence-corrected chi connectivity index (χ0v) is 10.8. The average molecular weight is 281 g/mol. The largest absolute Gasteiger partial charge is 0.480 e. The van der Waals surface area contributed by atoms with Gasteiger partial charge in [-0.15, -0.1) is 11.3 Å². The maximum atomic E-state index is 12.0. The van der Waals surface area contributed by atoms with E-state index in [0.29, 0.717) is 10.2 Å². The first kappa shape index (κ1) is 13.2. The number of aromatic nitrogens is 2. The summed E-state index contributed by atoms with van der Waals surface area (Å²) in [6.07, 6.45) is 1.28. The molecule has 0 aliphatic heterocycles. The van der Waals surface area contributed by atoms with Gasteiger partial charge in [-0.3, -0.25) is 19.0 Å². The van der Waals surface area contributed by atoms with E-state index in [0.717, 1.165) is 4.57 Å². The van der Waals surface area contributed by atoms with E-state index >= 15 is 0 Å². The summed E-state index contributed by atoms with van der Waals surface area (Å²) >= 11 is 1.34. The van der Waals surface area contributed by atoms with Crippen molar-refractivity contribution in [2.45, 2.75) is 19.5 Å². The highest BCUT2D eigenvalue weighted by atomic mass is 32.1. The van der Waals surface area contributed by atoms with Crippen LogP contribution in [0.25, 0.3) is 10.2 Å². The number of amides is 1. The predicted octanol–water partition coefficient (Wildman–Crippen LogP) is 0.0473. The number of carbonyl (C=O) groups excluding carboxylic acids is 1. The second-order valence-electron chi connectivity index (χ2n) is 3.94. The monoisotopic (exact) mass is 281 g/mol. The molecule has 0 saturated carbocycles. The fraction of sp³-hybridized carbons (Fsp3) is 0.273. The van der Waals surface area contributed by atoms with Gasteiger partial charge in [-0.05, 0) is 18.4 Å². The number of hydrogen-bond acceptors (Lipinski definition) is 5. The number of aliphatic carboxylic acids is 1. The molecule has 0 aliphatic carbocycles. The lowest BCUT2D eigenvalue weighted by Gasteiger charge is -2.10. The van der Waals surface area contributed by atoms with Crippen LogP contribution in [0.15, 0.2) is 22.6 Å². The highest BCUT2D eigenvalue weighted by Gasteiger charge is 2.15. The van der Waals surface area contributed by atoms with Gasteiger partial charge in [0.1, 0.15) is 17.4 Å². The number of nitrogens with one attached hydrogen (secondary N) is 1. The Kier molecular flexibility index (Phi) is 3.61. The van der Waals surface area contributed by atoms with Gasteiger partial charge in [0.2, 0.25) is 5.91 Å². The molecule has 0 spiro atoms. The molecule has 2 aromatic heterocycles. The number of thiophene rings is 1. The third-order valence-electron chi connectivity index (χ3n) is 2.51. The minimum absolute atomic E-state index is 0.255. The molecule has 1 amide bonds. The first-order valence-electron chi connectivity index (χ1n) is 5.44. The molecule has 2 rings (SSSR count). The smallest absolute Gasteiger partial charge is 0.325 e. The molecule has 7 nitrogen and oxygen atoms in total. The third-order valence-corrected chi connectivity index (χ3v) is 3.33. The maximum absolute atomic E-state index is 12.0. The van der Waals surface area contributed by atoms with E-state index in [2.05, 4.69) is 10.3 Å². The van der Waals surface area contributed by atoms with Crippen molar-refractivity contribution >= 4 is 33.4 Å². The number of fused-ring (bicyclic) bond motifs is 1. The predicted molar refractivity (Wildman–Crippen MR) is 69.1 cm³/mol. The van der Waals surface area contributed by atoms with Gasteiger partial charge in [-0.2, -0.15) is 0 Å². The molecule has 0 aliphatic rings. The molecule has 0 bridgehead atoms. The van der Waals surface area contributed by atoms with Gasteiger partial charge >= 0.3 is 5.97 Å². The van der Waals surface area contributed by atoms with Crippen molar-refractivity contribution < 1.29 is 14.7 Å². The van der Waals surface area contributed by atoms with Crippen LogP contribution in [-0.2, 0) is 16.1 Å². The number of rotatable bonds is 4. The van der Waals surface area contributed by atoms with Gasteiger partial charge < -0.3 is 10.4 Å². The Labute approximate surface area is 111 Å². The van der Waals surface area contributed by atoms with Gasteiger partial charge in [0.25, 0.3) is 5.56 Å². The van der Waals surface area contributed by atoms with Gasteiger partial charge in [0.15, 0.2) is 0 Å². The summed E-state index contributed by atoms with van der Waals surface area (Å²) in [5.74, 6) is -1.68. The minimum Gasteiger partial charge on any atom is -0.480 e. The Balaban J connectivity index is 2.17. The highest BCUT2D eigenvalue weighted by molar-refractivity contribution is 7.16. The quantitative estimate of drug-likeness (QED) is 0.824. The van der Waals surface area contributed by atoms with Crippen LogP contribution in [0.5, 0.6) is 0 Å². The molecule has 2 aromatic rings. The van der Waals surface area contributed by atoms with Crippen molar-refractivity contribution in [1.29, 1.82) is 0 Å². The lowest BCUT2D eigenvalue weighted by atomic mass is 10.3. The minimum atomic E-state index is -1.13. The van der Waals surface area contributed by atoms with Crippen LogP contribution in [0.3, 0.4) is 0 Å². The molecule has 0 unspecified atom stereocenters.